The Bertz CT molecular complexity index is 680. The lowest BCUT2D eigenvalue weighted by Crippen LogP contribution is -2.35. The van der Waals surface area contributed by atoms with Gasteiger partial charge in [0.1, 0.15) is 5.75 Å². The number of rotatable bonds is 6. The van der Waals surface area contributed by atoms with Gasteiger partial charge in [-0.2, -0.15) is 0 Å². The Balaban J connectivity index is 1.67. The second-order valence-electron chi connectivity index (χ2n) is 6.01. The third kappa shape index (κ3) is 3.22. The van der Waals surface area contributed by atoms with Gasteiger partial charge in [0.2, 0.25) is 0 Å². The molecule has 0 bridgehead atoms. The van der Waals surface area contributed by atoms with E-state index in [1.165, 1.54) is 0 Å². The molecule has 1 aliphatic carbocycles. The minimum absolute atomic E-state index is 0.0708. The Morgan fingerprint density at radius 2 is 1.83 bits per heavy atom. The molecule has 4 heteroatoms. The van der Waals surface area contributed by atoms with Crippen molar-refractivity contribution in [1.29, 1.82) is 0 Å². The molecule has 23 heavy (non-hydrogen) atoms. The number of aliphatic hydroxyl groups excluding tert-OH is 1. The van der Waals surface area contributed by atoms with Crippen molar-refractivity contribution in [2.75, 3.05) is 13.7 Å². The third-order valence-electron chi connectivity index (χ3n) is 4.50. The van der Waals surface area contributed by atoms with Crippen LogP contribution in [0.3, 0.4) is 0 Å². The highest BCUT2D eigenvalue weighted by atomic mass is 16.5. The number of hydrogen-bond donors (Lipinski definition) is 2. The fourth-order valence-electron chi connectivity index (χ4n) is 2.91. The van der Waals surface area contributed by atoms with E-state index in [0.717, 1.165) is 24.2 Å². The van der Waals surface area contributed by atoms with Gasteiger partial charge in [-0.15, -0.1) is 0 Å². The van der Waals surface area contributed by atoms with Crippen molar-refractivity contribution in [2.24, 2.45) is 0 Å². The highest BCUT2D eigenvalue weighted by Crippen LogP contribution is 2.50. The zero-order valence-corrected chi connectivity index (χ0v) is 13.2. The van der Waals surface area contributed by atoms with Crippen molar-refractivity contribution in [1.82, 2.24) is 5.32 Å². The van der Waals surface area contributed by atoms with Crippen molar-refractivity contribution in [2.45, 2.75) is 24.4 Å². The first kappa shape index (κ1) is 15.6. The number of methoxy groups -OCH3 is 1. The Morgan fingerprint density at radius 3 is 2.48 bits per heavy atom. The largest absolute Gasteiger partial charge is 0.496 e. The van der Waals surface area contributed by atoms with Crippen LogP contribution in [0.5, 0.6) is 5.75 Å². The van der Waals surface area contributed by atoms with Gasteiger partial charge in [-0.25, -0.2) is 0 Å². The van der Waals surface area contributed by atoms with Crippen LogP contribution in [0, 0.1) is 0 Å². The van der Waals surface area contributed by atoms with Crippen LogP contribution < -0.4 is 10.1 Å². The minimum atomic E-state index is -1.13. The molecule has 2 N–H and O–H groups in total. The molecule has 0 aromatic heterocycles. The summed E-state index contributed by atoms with van der Waals surface area (Å²) in [4.78, 5) is 12.2. The molecule has 1 atom stereocenters. The Hall–Kier alpha value is -2.33. The molecule has 1 fully saturated rings. The fraction of sp³-hybridized carbons (Fsp3) is 0.316. The molecule has 0 saturated heterocycles. The molecular formula is C19H21NO3. The summed E-state index contributed by atoms with van der Waals surface area (Å²) in [6.45, 7) is 0.510. The molecule has 2 aromatic rings. The molecule has 1 saturated carbocycles. The molecule has 0 aliphatic heterocycles. The van der Waals surface area contributed by atoms with E-state index in [9.17, 15) is 9.90 Å². The summed E-state index contributed by atoms with van der Waals surface area (Å²) in [7, 11) is 1.66. The maximum absolute atomic E-state index is 12.2. The first-order valence-electron chi connectivity index (χ1n) is 7.80. The Kier molecular flexibility index (Phi) is 4.35. The molecule has 0 spiro atoms. The Labute approximate surface area is 136 Å². The number of hydrogen-bond acceptors (Lipinski definition) is 3. The summed E-state index contributed by atoms with van der Waals surface area (Å²) in [5.41, 5.74) is 1.66. The van der Waals surface area contributed by atoms with Gasteiger partial charge in [-0.05, 0) is 24.5 Å². The van der Waals surface area contributed by atoms with Crippen molar-refractivity contribution in [3.8, 4) is 5.75 Å². The SMILES string of the molecule is COc1ccccc1C1(CNC(=O)[C@@H](O)c2ccccc2)CC1. The van der Waals surface area contributed by atoms with Gasteiger partial charge in [0.25, 0.3) is 5.91 Å². The average molecular weight is 311 g/mol. The van der Waals surface area contributed by atoms with Crippen LogP contribution in [-0.2, 0) is 10.2 Å². The molecule has 1 amide bonds. The molecule has 1 aliphatic rings. The number of carbonyl (C=O) groups excluding carboxylic acids is 1. The highest BCUT2D eigenvalue weighted by molar-refractivity contribution is 5.82. The molecule has 0 radical (unpaired) electrons. The van der Waals surface area contributed by atoms with E-state index < -0.39 is 6.10 Å². The second kappa shape index (κ2) is 6.42. The summed E-state index contributed by atoms with van der Waals surface area (Å²) in [6, 6.07) is 16.9. The van der Waals surface area contributed by atoms with Gasteiger partial charge in [-0.1, -0.05) is 48.5 Å². The van der Waals surface area contributed by atoms with Crippen molar-refractivity contribution >= 4 is 5.91 Å². The van der Waals surface area contributed by atoms with E-state index >= 15 is 0 Å². The number of carbonyl (C=O) groups is 1. The van der Waals surface area contributed by atoms with Gasteiger partial charge >= 0.3 is 0 Å². The number of ether oxygens (including phenoxy) is 1. The van der Waals surface area contributed by atoms with E-state index in [2.05, 4.69) is 5.32 Å². The molecule has 0 unspecified atom stereocenters. The van der Waals surface area contributed by atoms with E-state index in [0.29, 0.717) is 12.1 Å². The van der Waals surface area contributed by atoms with E-state index in [1.807, 2.05) is 42.5 Å². The van der Waals surface area contributed by atoms with Crippen molar-refractivity contribution < 1.29 is 14.6 Å². The normalized spacial score (nSPS) is 16.4. The summed E-state index contributed by atoms with van der Waals surface area (Å²) < 4.78 is 5.43. The average Bonchev–Trinajstić information content (AvgIpc) is 3.41. The first-order chi connectivity index (χ1) is 11.2. The maximum Gasteiger partial charge on any atom is 0.253 e. The second-order valence-corrected chi connectivity index (χ2v) is 6.01. The lowest BCUT2D eigenvalue weighted by molar-refractivity contribution is -0.129. The monoisotopic (exact) mass is 311 g/mol. The summed E-state index contributed by atoms with van der Waals surface area (Å²) in [5.74, 6) is 0.486. The van der Waals surface area contributed by atoms with E-state index in [4.69, 9.17) is 4.74 Å². The van der Waals surface area contributed by atoms with Crippen LogP contribution in [0.1, 0.15) is 30.1 Å². The van der Waals surface area contributed by atoms with Crippen LogP contribution in [0.25, 0.3) is 0 Å². The van der Waals surface area contributed by atoms with Crippen molar-refractivity contribution in [3.63, 3.8) is 0 Å². The van der Waals surface area contributed by atoms with E-state index in [-0.39, 0.29) is 11.3 Å². The number of aliphatic hydroxyl groups is 1. The summed E-state index contributed by atoms with van der Waals surface area (Å²) >= 11 is 0. The molecule has 2 aromatic carbocycles. The minimum Gasteiger partial charge on any atom is -0.496 e. The number of benzene rings is 2. The van der Waals surface area contributed by atoms with Crippen LogP contribution in [-0.4, -0.2) is 24.7 Å². The van der Waals surface area contributed by atoms with Gasteiger partial charge < -0.3 is 15.2 Å². The Morgan fingerprint density at radius 1 is 1.17 bits per heavy atom. The fourth-order valence-corrected chi connectivity index (χ4v) is 2.91. The third-order valence-corrected chi connectivity index (χ3v) is 4.50. The molecule has 120 valence electrons. The number of nitrogens with one attached hydrogen (secondary N) is 1. The lowest BCUT2D eigenvalue weighted by atomic mass is 9.94. The molecule has 4 nitrogen and oxygen atoms in total. The smallest absolute Gasteiger partial charge is 0.253 e. The number of para-hydroxylation sites is 1. The quantitative estimate of drug-likeness (QED) is 0.862. The summed E-state index contributed by atoms with van der Waals surface area (Å²) in [6.07, 6.45) is 0.883. The van der Waals surface area contributed by atoms with Crippen LogP contribution >= 0.6 is 0 Å². The topological polar surface area (TPSA) is 58.6 Å². The summed E-state index contributed by atoms with van der Waals surface area (Å²) in [5, 5.41) is 13.0. The molecule has 0 heterocycles. The van der Waals surface area contributed by atoms with Crippen LogP contribution in [0.2, 0.25) is 0 Å². The van der Waals surface area contributed by atoms with Crippen LogP contribution in [0.15, 0.2) is 54.6 Å². The molecular weight excluding hydrogens is 290 g/mol. The predicted molar refractivity (Wildman–Crippen MR) is 88.3 cm³/mol. The standard InChI is InChI=1S/C19H21NO3/c1-23-16-10-6-5-9-15(16)19(11-12-19)13-20-18(22)17(21)14-7-3-2-4-8-14/h2-10,17,21H,11-13H2,1H3,(H,20,22)/t17-/m0/s1. The zero-order valence-electron chi connectivity index (χ0n) is 13.2. The van der Waals surface area contributed by atoms with Gasteiger partial charge in [0.15, 0.2) is 6.10 Å². The predicted octanol–water partition coefficient (Wildman–Crippen LogP) is 2.58. The van der Waals surface area contributed by atoms with E-state index in [1.54, 1.807) is 19.2 Å². The lowest BCUT2D eigenvalue weighted by Gasteiger charge is -2.20. The highest BCUT2D eigenvalue weighted by Gasteiger charge is 2.46. The van der Waals surface area contributed by atoms with Gasteiger partial charge in [-0.3, -0.25) is 4.79 Å². The first-order valence-corrected chi connectivity index (χ1v) is 7.80. The zero-order chi connectivity index (χ0) is 16.3. The maximum atomic E-state index is 12.2. The van der Waals surface area contributed by atoms with Gasteiger partial charge in [0, 0.05) is 17.5 Å². The van der Waals surface area contributed by atoms with Crippen molar-refractivity contribution in [3.05, 3.63) is 65.7 Å². The number of amides is 1. The van der Waals surface area contributed by atoms with Crippen LogP contribution in [0.4, 0.5) is 0 Å². The molecule has 3 rings (SSSR count). The van der Waals surface area contributed by atoms with Gasteiger partial charge in [0.05, 0.1) is 7.11 Å².